The first-order chi connectivity index (χ1) is 8.78. The van der Waals surface area contributed by atoms with E-state index in [9.17, 15) is 5.11 Å². The molecule has 18 heavy (non-hydrogen) atoms. The summed E-state index contributed by atoms with van der Waals surface area (Å²) < 4.78 is 1.74. The molecule has 5 nitrogen and oxygen atoms in total. The lowest BCUT2D eigenvalue weighted by atomic mass is 10.2. The van der Waals surface area contributed by atoms with Crippen molar-refractivity contribution >= 4 is 22.9 Å². The molecule has 3 atom stereocenters. The van der Waals surface area contributed by atoms with Gasteiger partial charge < -0.3 is 10.0 Å². The van der Waals surface area contributed by atoms with Crippen molar-refractivity contribution in [2.75, 3.05) is 11.5 Å². The quantitative estimate of drug-likeness (QED) is 0.890. The van der Waals surface area contributed by atoms with Gasteiger partial charge in [-0.05, 0) is 42.5 Å². The fourth-order valence-electron chi connectivity index (χ4n) is 3.13. The molecule has 0 aromatic carbocycles. The van der Waals surface area contributed by atoms with Gasteiger partial charge in [-0.25, -0.2) is 4.52 Å². The Hall–Kier alpha value is -1.33. The van der Waals surface area contributed by atoms with Crippen LogP contribution in [0.5, 0.6) is 0 Å². The zero-order valence-electron chi connectivity index (χ0n) is 9.70. The van der Waals surface area contributed by atoms with Crippen LogP contribution >= 0.6 is 11.6 Å². The van der Waals surface area contributed by atoms with E-state index in [1.165, 1.54) is 6.42 Å². The molecule has 0 bridgehead atoms. The van der Waals surface area contributed by atoms with Gasteiger partial charge in [-0.15, -0.1) is 5.10 Å². The van der Waals surface area contributed by atoms with Crippen molar-refractivity contribution in [3.05, 3.63) is 23.6 Å². The van der Waals surface area contributed by atoms with Crippen molar-refractivity contribution in [1.82, 2.24) is 14.6 Å². The van der Waals surface area contributed by atoms with E-state index in [0.717, 1.165) is 17.8 Å². The molecule has 2 aliphatic rings. The standard InChI is InChI=1S/C12H13ClN4O/c13-12-14-11(9-2-1-3-16(9)15-12)17-8(6-18)4-7-5-10(7)17/h1-3,7-8,10,18H,4-6H2/t7-,8-,10+/m0/s1. The molecule has 4 rings (SSSR count). The van der Waals surface area contributed by atoms with Gasteiger partial charge in [0.2, 0.25) is 5.28 Å². The van der Waals surface area contributed by atoms with Crippen LogP contribution in [0.3, 0.4) is 0 Å². The van der Waals surface area contributed by atoms with Gasteiger partial charge in [0.1, 0.15) is 5.52 Å². The van der Waals surface area contributed by atoms with E-state index in [1.807, 2.05) is 18.3 Å². The van der Waals surface area contributed by atoms with Crippen LogP contribution in [0.25, 0.3) is 5.52 Å². The fourth-order valence-corrected chi connectivity index (χ4v) is 3.30. The molecular weight excluding hydrogens is 252 g/mol. The first-order valence-corrected chi connectivity index (χ1v) is 6.56. The molecule has 1 saturated carbocycles. The lowest BCUT2D eigenvalue weighted by Crippen LogP contribution is -2.36. The Morgan fingerprint density at radius 2 is 2.33 bits per heavy atom. The van der Waals surface area contributed by atoms with Crippen LogP contribution in [0.15, 0.2) is 18.3 Å². The number of nitrogens with zero attached hydrogens (tertiary/aromatic N) is 4. The number of aromatic nitrogens is 3. The summed E-state index contributed by atoms with van der Waals surface area (Å²) in [6.07, 6.45) is 4.11. The number of fused-ring (bicyclic) bond motifs is 2. The second kappa shape index (κ2) is 3.59. The molecule has 1 saturated heterocycles. The Bertz CT molecular complexity index is 613. The second-order valence-electron chi connectivity index (χ2n) is 5.08. The van der Waals surface area contributed by atoms with E-state index in [4.69, 9.17) is 11.6 Å². The fraction of sp³-hybridized carbons (Fsp3) is 0.500. The third-order valence-electron chi connectivity index (χ3n) is 4.01. The lowest BCUT2D eigenvalue weighted by molar-refractivity contribution is 0.259. The highest BCUT2D eigenvalue weighted by molar-refractivity contribution is 6.28. The predicted molar refractivity (Wildman–Crippen MR) is 67.9 cm³/mol. The van der Waals surface area contributed by atoms with Crippen molar-refractivity contribution in [3.8, 4) is 0 Å². The van der Waals surface area contributed by atoms with Crippen molar-refractivity contribution in [3.63, 3.8) is 0 Å². The molecule has 2 fully saturated rings. The summed E-state index contributed by atoms with van der Waals surface area (Å²) in [6.45, 7) is 0.168. The van der Waals surface area contributed by atoms with E-state index in [1.54, 1.807) is 4.52 Å². The van der Waals surface area contributed by atoms with Crippen molar-refractivity contribution in [1.29, 1.82) is 0 Å². The number of halogens is 1. The zero-order valence-corrected chi connectivity index (χ0v) is 10.5. The van der Waals surface area contributed by atoms with E-state index >= 15 is 0 Å². The predicted octanol–water partition coefficient (Wildman–Crippen LogP) is 1.34. The summed E-state index contributed by atoms with van der Waals surface area (Å²) in [5, 5.41) is 13.9. The normalized spacial score (nSPS) is 29.9. The molecule has 6 heteroatoms. The number of anilines is 1. The average molecular weight is 265 g/mol. The summed E-state index contributed by atoms with van der Waals surface area (Å²) in [5.41, 5.74) is 0.949. The zero-order chi connectivity index (χ0) is 12.3. The highest BCUT2D eigenvalue weighted by Crippen LogP contribution is 2.49. The number of hydrogen-bond donors (Lipinski definition) is 1. The molecule has 1 aliphatic carbocycles. The first-order valence-electron chi connectivity index (χ1n) is 6.18. The van der Waals surface area contributed by atoms with Crippen molar-refractivity contribution in [2.45, 2.75) is 24.9 Å². The van der Waals surface area contributed by atoms with Crippen LogP contribution in [-0.4, -0.2) is 38.4 Å². The smallest absolute Gasteiger partial charge is 0.243 e. The maximum Gasteiger partial charge on any atom is 0.243 e. The Morgan fingerprint density at radius 3 is 3.17 bits per heavy atom. The SMILES string of the molecule is OC[C@@H]1C[C@H]2C[C@H]2N1c1nc(Cl)nn2cccc12. The van der Waals surface area contributed by atoms with Crippen LogP contribution in [0, 0.1) is 5.92 Å². The number of aliphatic hydroxyl groups excluding tert-OH is 1. The summed E-state index contributed by atoms with van der Waals surface area (Å²) in [4.78, 5) is 6.61. The first kappa shape index (κ1) is 10.6. The number of hydrogen-bond acceptors (Lipinski definition) is 4. The van der Waals surface area contributed by atoms with Crippen LogP contribution in [-0.2, 0) is 0 Å². The van der Waals surface area contributed by atoms with Crippen LogP contribution in [0.1, 0.15) is 12.8 Å². The molecule has 0 unspecified atom stereocenters. The second-order valence-corrected chi connectivity index (χ2v) is 5.42. The Labute approximate surface area is 109 Å². The molecule has 2 aromatic heterocycles. The molecule has 94 valence electrons. The molecule has 3 heterocycles. The monoisotopic (exact) mass is 264 g/mol. The van der Waals surface area contributed by atoms with Gasteiger partial charge in [-0.1, -0.05) is 0 Å². The summed E-state index contributed by atoms with van der Waals surface area (Å²) in [5.74, 6) is 1.56. The highest BCUT2D eigenvalue weighted by atomic mass is 35.5. The molecule has 2 aromatic rings. The summed E-state index contributed by atoms with van der Waals surface area (Å²) in [6, 6.07) is 4.60. The van der Waals surface area contributed by atoms with Crippen molar-refractivity contribution in [2.24, 2.45) is 5.92 Å². The van der Waals surface area contributed by atoms with Crippen molar-refractivity contribution < 1.29 is 5.11 Å². The molecular formula is C12H13ClN4O. The third-order valence-corrected chi connectivity index (χ3v) is 4.17. The van der Waals surface area contributed by atoms with E-state index in [-0.39, 0.29) is 17.9 Å². The van der Waals surface area contributed by atoms with Crippen LogP contribution < -0.4 is 4.90 Å². The van der Waals surface area contributed by atoms with Gasteiger partial charge in [0, 0.05) is 12.2 Å². The third kappa shape index (κ3) is 1.37. The largest absolute Gasteiger partial charge is 0.394 e. The van der Waals surface area contributed by atoms with Gasteiger partial charge >= 0.3 is 0 Å². The van der Waals surface area contributed by atoms with Gasteiger partial charge in [0.15, 0.2) is 5.82 Å². The lowest BCUT2D eigenvalue weighted by Gasteiger charge is -2.27. The number of piperidine rings is 1. The molecule has 0 radical (unpaired) electrons. The molecule has 0 spiro atoms. The Balaban J connectivity index is 1.88. The molecule has 1 N–H and O–H groups in total. The topological polar surface area (TPSA) is 53.7 Å². The highest BCUT2D eigenvalue weighted by Gasteiger charge is 2.52. The average Bonchev–Trinajstić information content (AvgIpc) is 2.83. The Morgan fingerprint density at radius 1 is 1.44 bits per heavy atom. The van der Waals surface area contributed by atoms with E-state index in [0.29, 0.717) is 12.0 Å². The summed E-state index contributed by atoms with van der Waals surface area (Å²) in [7, 11) is 0. The molecule has 0 amide bonds. The minimum atomic E-state index is 0.165. The van der Waals surface area contributed by atoms with Crippen LogP contribution in [0.4, 0.5) is 5.82 Å². The minimum absolute atomic E-state index is 0.165. The van der Waals surface area contributed by atoms with E-state index in [2.05, 4.69) is 15.0 Å². The number of rotatable bonds is 2. The van der Waals surface area contributed by atoms with Gasteiger partial charge in [0.05, 0.1) is 12.6 Å². The number of aliphatic hydroxyl groups is 1. The van der Waals surface area contributed by atoms with E-state index < -0.39 is 0 Å². The van der Waals surface area contributed by atoms with Gasteiger partial charge in [-0.3, -0.25) is 0 Å². The maximum atomic E-state index is 9.50. The van der Waals surface area contributed by atoms with Crippen LogP contribution in [0.2, 0.25) is 5.28 Å². The Kier molecular flexibility index (Phi) is 2.11. The molecule has 1 aliphatic heterocycles. The summed E-state index contributed by atoms with van der Waals surface area (Å²) >= 11 is 5.98. The van der Waals surface area contributed by atoms with Gasteiger partial charge in [0.25, 0.3) is 0 Å². The van der Waals surface area contributed by atoms with Gasteiger partial charge in [-0.2, -0.15) is 4.98 Å². The maximum absolute atomic E-state index is 9.50. The minimum Gasteiger partial charge on any atom is -0.394 e.